The summed E-state index contributed by atoms with van der Waals surface area (Å²) in [4.78, 5) is 4.58. The summed E-state index contributed by atoms with van der Waals surface area (Å²) in [5.74, 6) is 0.813. The molecule has 0 radical (unpaired) electrons. The van der Waals surface area contributed by atoms with E-state index < -0.39 is 0 Å². The smallest absolute Gasteiger partial charge is 0.0727 e. The molecule has 0 aliphatic heterocycles. The van der Waals surface area contributed by atoms with Gasteiger partial charge in [0.1, 0.15) is 0 Å². The Morgan fingerprint density at radius 1 is 1.20 bits per heavy atom. The quantitative estimate of drug-likeness (QED) is 0.824. The molecule has 1 aromatic carbocycles. The van der Waals surface area contributed by atoms with Gasteiger partial charge in [0.2, 0.25) is 0 Å². The van der Waals surface area contributed by atoms with E-state index in [0.29, 0.717) is 0 Å². The van der Waals surface area contributed by atoms with Crippen LogP contribution in [0.4, 0.5) is 11.4 Å². The minimum absolute atomic E-state index is 0.795. The molecule has 3 N–H and O–H groups in total. The highest BCUT2D eigenvalue weighted by Gasteiger charge is 2.13. The van der Waals surface area contributed by atoms with Crippen LogP contribution < -0.4 is 11.1 Å². The zero-order valence-electron chi connectivity index (χ0n) is 12.2. The van der Waals surface area contributed by atoms with E-state index in [2.05, 4.69) is 16.4 Å². The zero-order valence-corrected chi connectivity index (χ0v) is 12.2. The second kappa shape index (κ2) is 5.70. The van der Waals surface area contributed by atoms with Crippen molar-refractivity contribution in [3.8, 4) is 0 Å². The third-order valence-corrected chi connectivity index (χ3v) is 4.27. The van der Waals surface area contributed by atoms with Gasteiger partial charge < -0.3 is 11.1 Å². The van der Waals surface area contributed by atoms with E-state index in [0.717, 1.165) is 34.7 Å². The molecule has 0 amide bonds. The number of nitrogens with one attached hydrogen (secondary N) is 1. The Morgan fingerprint density at radius 2 is 2.00 bits per heavy atom. The zero-order chi connectivity index (χ0) is 13.9. The lowest BCUT2D eigenvalue weighted by Gasteiger charge is -2.22. The first-order valence-electron chi connectivity index (χ1n) is 7.63. The lowest BCUT2D eigenvalue weighted by molar-refractivity contribution is 0.373. The highest BCUT2D eigenvalue weighted by atomic mass is 14.9. The first kappa shape index (κ1) is 13.2. The lowest BCUT2D eigenvalue weighted by Crippen LogP contribution is -2.17. The average Bonchev–Trinajstić information content (AvgIpc) is 2.46. The molecule has 106 valence electrons. The van der Waals surface area contributed by atoms with E-state index in [-0.39, 0.29) is 0 Å². The average molecular weight is 269 g/mol. The molecule has 20 heavy (non-hydrogen) atoms. The SMILES string of the molecule is Cc1cc(NCC2CCCCC2)c2cc(N)ccc2n1. The topological polar surface area (TPSA) is 50.9 Å². The molecule has 1 fully saturated rings. The Kier molecular flexibility index (Phi) is 3.77. The van der Waals surface area contributed by atoms with Gasteiger partial charge in [-0.2, -0.15) is 0 Å². The van der Waals surface area contributed by atoms with Gasteiger partial charge in [-0.05, 0) is 49.9 Å². The van der Waals surface area contributed by atoms with E-state index in [1.54, 1.807) is 0 Å². The fraction of sp³-hybridized carbons (Fsp3) is 0.471. The molecule has 0 spiro atoms. The van der Waals surface area contributed by atoms with Crippen LogP contribution in [-0.4, -0.2) is 11.5 Å². The number of anilines is 2. The largest absolute Gasteiger partial charge is 0.399 e. The Labute approximate surface area is 120 Å². The first-order chi connectivity index (χ1) is 9.72. The van der Waals surface area contributed by atoms with Crippen LogP contribution in [0.25, 0.3) is 10.9 Å². The van der Waals surface area contributed by atoms with Crippen molar-refractivity contribution in [3.05, 3.63) is 30.0 Å². The van der Waals surface area contributed by atoms with E-state index in [4.69, 9.17) is 5.73 Å². The summed E-state index contributed by atoms with van der Waals surface area (Å²) in [5, 5.41) is 4.76. The van der Waals surface area contributed by atoms with Crippen molar-refractivity contribution in [1.82, 2.24) is 4.98 Å². The predicted molar refractivity (Wildman–Crippen MR) is 86.0 cm³/mol. The van der Waals surface area contributed by atoms with Gasteiger partial charge >= 0.3 is 0 Å². The number of fused-ring (bicyclic) bond motifs is 1. The maximum atomic E-state index is 5.91. The van der Waals surface area contributed by atoms with E-state index in [9.17, 15) is 0 Å². The third-order valence-electron chi connectivity index (χ3n) is 4.27. The molecule has 1 aliphatic carbocycles. The standard InChI is InChI=1S/C17H23N3/c1-12-9-17(19-11-13-5-3-2-4-6-13)15-10-14(18)7-8-16(15)20-12/h7-10,13H,2-6,11,18H2,1H3,(H,19,20). The molecule has 1 aliphatic rings. The molecule has 3 nitrogen and oxygen atoms in total. The summed E-state index contributed by atoms with van der Waals surface area (Å²) in [6.45, 7) is 3.11. The first-order valence-corrected chi connectivity index (χ1v) is 7.63. The van der Waals surface area contributed by atoms with Gasteiger partial charge in [0, 0.05) is 29.0 Å². The van der Waals surface area contributed by atoms with Crippen molar-refractivity contribution in [2.45, 2.75) is 39.0 Å². The van der Waals surface area contributed by atoms with Crippen LogP contribution in [0.1, 0.15) is 37.8 Å². The number of hydrogen-bond donors (Lipinski definition) is 2. The summed E-state index contributed by atoms with van der Waals surface area (Å²) >= 11 is 0. The van der Waals surface area contributed by atoms with Crippen LogP contribution in [0.5, 0.6) is 0 Å². The number of nitrogens with two attached hydrogens (primary N) is 1. The highest BCUT2D eigenvalue weighted by Crippen LogP contribution is 2.28. The minimum atomic E-state index is 0.795. The van der Waals surface area contributed by atoms with Crippen LogP contribution in [0.15, 0.2) is 24.3 Å². The van der Waals surface area contributed by atoms with Crippen LogP contribution >= 0.6 is 0 Å². The van der Waals surface area contributed by atoms with Gasteiger partial charge in [-0.3, -0.25) is 4.98 Å². The van der Waals surface area contributed by atoms with Gasteiger partial charge in [-0.1, -0.05) is 19.3 Å². The van der Waals surface area contributed by atoms with Gasteiger partial charge in [0.15, 0.2) is 0 Å². The fourth-order valence-corrected chi connectivity index (χ4v) is 3.17. The van der Waals surface area contributed by atoms with Gasteiger partial charge in [0.05, 0.1) is 5.52 Å². The summed E-state index contributed by atoms with van der Waals surface area (Å²) in [7, 11) is 0. The Hall–Kier alpha value is -1.77. The van der Waals surface area contributed by atoms with Crippen molar-refractivity contribution in [2.24, 2.45) is 5.92 Å². The number of aromatic nitrogens is 1. The molecule has 1 aromatic heterocycles. The number of pyridine rings is 1. The van der Waals surface area contributed by atoms with Crippen LogP contribution in [0.2, 0.25) is 0 Å². The molecule has 3 heteroatoms. The van der Waals surface area contributed by atoms with Crippen LogP contribution in [0.3, 0.4) is 0 Å². The Balaban J connectivity index is 1.83. The van der Waals surface area contributed by atoms with Gasteiger partial charge in [-0.25, -0.2) is 0 Å². The van der Waals surface area contributed by atoms with Gasteiger partial charge in [-0.15, -0.1) is 0 Å². The molecular formula is C17H23N3. The maximum Gasteiger partial charge on any atom is 0.0727 e. The van der Waals surface area contributed by atoms with Crippen molar-refractivity contribution in [2.75, 3.05) is 17.6 Å². The predicted octanol–water partition coefficient (Wildman–Crippen LogP) is 4.12. The van der Waals surface area contributed by atoms with Crippen LogP contribution in [0, 0.1) is 12.8 Å². The normalized spacial score (nSPS) is 16.4. The maximum absolute atomic E-state index is 5.91. The Morgan fingerprint density at radius 3 is 2.80 bits per heavy atom. The van der Waals surface area contributed by atoms with E-state index >= 15 is 0 Å². The summed E-state index contributed by atoms with van der Waals surface area (Å²) < 4.78 is 0. The second-order valence-electron chi connectivity index (χ2n) is 5.97. The molecule has 0 atom stereocenters. The molecule has 0 bridgehead atoms. The number of nitrogen functional groups attached to an aromatic ring is 1. The molecule has 3 rings (SSSR count). The van der Waals surface area contributed by atoms with E-state index in [1.165, 1.54) is 37.8 Å². The van der Waals surface area contributed by atoms with Crippen molar-refractivity contribution in [3.63, 3.8) is 0 Å². The summed E-state index contributed by atoms with van der Waals surface area (Å²) in [6, 6.07) is 8.07. The second-order valence-corrected chi connectivity index (χ2v) is 5.97. The minimum Gasteiger partial charge on any atom is -0.399 e. The lowest BCUT2D eigenvalue weighted by atomic mass is 9.89. The molecule has 0 unspecified atom stereocenters. The molecule has 2 aromatic rings. The molecule has 1 saturated carbocycles. The summed E-state index contributed by atoms with van der Waals surface area (Å²) in [6.07, 6.45) is 6.89. The van der Waals surface area contributed by atoms with Gasteiger partial charge in [0.25, 0.3) is 0 Å². The van der Waals surface area contributed by atoms with Crippen molar-refractivity contribution >= 4 is 22.3 Å². The van der Waals surface area contributed by atoms with E-state index in [1.807, 2.05) is 25.1 Å². The third kappa shape index (κ3) is 2.87. The summed E-state index contributed by atoms with van der Waals surface area (Å²) in [5.41, 5.74) is 9.95. The number of rotatable bonds is 3. The van der Waals surface area contributed by atoms with Crippen LogP contribution in [-0.2, 0) is 0 Å². The molecule has 1 heterocycles. The van der Waals surface area contributed by atoms with Crippen molar-refractivity contribution < 1.29 is 0 Å². The number of benzene rings is 1. The molecular weight excluding hydrogens is 246 g/mol. The molecule has 0 saturated heterocycles. The fourth-order valence-electron chi connectivity index (χ4n) is 3.17. The number of nitrogens with zero attached hydrogens (tertiary/aromatic N) is 1. The Bertz CT molecular complexity index is 600. The number of hydrogen-bond acceptors (Lipinski definition) is 3. The highest BCUT2D eigenvalue weighted by molar-refractivity contribution is 5.93. The number of aryl methyl sites for hydroxylation is 1. The monoisotopic (exact) mass is 269 g/mol. The van der Waals surface area contributed by atoms with Crippen molar-refractivity contribution in [1.29, 1.82) is 0 Å².